The van der Waals surface area contributed by atoms with Crippen molar-refractivity contribution in [3.8, 4) is 0 Å². The quantitative estimate of drug-likeness (QED) is 0.754. The number of rotatable bonds is 4. The van der Waals surface area contributed by atoms with Crippen LogP contribution in [0.3, 0.4) is 0 Å². The lowest BCUT2D eigenvalue weighted by atomic mass is 10.4. The summed E-state index contributed by atoms with van der Waals surface area (Å²) in [5, 5.41) is 0. The molecular formula is C13H11F2NS2. The Morgan fingerprint density at radius 2 is 1.06 bits per heavy atom. The van der Waals surface area contributed by atoms with Crippen molar-refractivity contribution in [2.45, 2.75) is 9.79 Å². The Hall–Kier alpha value is -1.04. The van der Waals surface area contributed by atoms with Crippen LogP contribution < -0.4 is 0 Å². The van der Waals surface area contributed by atoms with Crippen LogP contribution in [0.4, 0.5) is 8.78 Å². The predicted octanol–water partition coefficient (Wildman–Crippen LogP) is 4.61. The van der Waals surface area contributed by atoms with E-state index in [9.17, 15) is 8.78 Å². The van der Waals surface area contributed by atoms with Gasteiger partial charge in [-0.2, -0.15) is 3.71 Å². The van der Waals surface area contributed by atoms with Gasteiger partial charge in [-0.3, -0.25) is 0 Å². The number of halogens is 2. The average Bonchev–Trinajstić information content (AvgIpc) is 2.35. The molecule has 0 atom stereocenters. The minimum Gasteiger partial charge on any atom is -0.207 e. The van der Waals surface area contributed by atoms with Gasteiger partial charge in [-0.15, -0.1) is 0 Å². The van der Waals surface area contributed by atoms with Gasteiger partial charge in [0.25, 0.3) is 0 Å². The highest BCUT2D eigenvalue weighted by Crippen LogP contribution is 2.31. The highest BCUT2D eigenvalue weighted by atomic mass is 32.2. The summed E-state index contributed by atoms with van der Waals surface area (Å²) in [4.78, 5) is 1.90. The molecule has 0 bridgehead atoms. The zero-order valence-corrected chi connectivity index (χ0v) is 11.3. The monoisotopic (exact) mass is 283 g/mol. The van der Waals surface area contributed by atoms with Crippen molar-refractivity contribution in [3.63, 3.8) is 0 Å². The lowest BCUT2D eigenvalue weighted by Gasteiger charge is -2.13. The maximum Gasteiger partial charge on any atom is 0.123 e. The molecule has 0 saturated carbocycles. The lowest BCUT2D eigenvalue weighted by Crippen LogP contribution is -1.96. The number of hydrogen-bond acceptors (Lipinski definition) is 3. The summed E-state index contributed by atoms with van der Waals surface area (Å²) in [5.41, 5.74) is 0. The highest BCUT2D eigenvalue weighted by Gasteiger charge is 2.04. The van der Waals surface area contributed by atoms with Crippen LogP contribution in [-0.2, 0) is 0 Å². The number of benzene rings is 2. The Morgan fingerprint density at radius 3 is 1.39 bits per heavy atom. The topological polar surface area (TPSA) is 3.24 Å². The number of nitrogens with zero attached hydrogens (tertiary/aromatic N) is 1. The van der Waals surface area contributed by atoms with Crippen molar-refractivity contribution in [3.05, 3.63) is 60.2 Å². The summed E-state index contributed by atoms with van der Waals surface area (Å²) in [7, 11) is 1.90. The molecule has 0 unspecified atom stereocenters. The molecule has 0 aliphatic rings. The standard InChI is InChI=1S/C13H11F2NS2/c1-16(17-12-6-2-10(14)3-7-12)18-13-8-4-11(15)5-9-13/h2-9H,1H3. The second-order valence-corrected chi connectivity index (χ2v) is 6.16. The molecule has 0 aliphatic carbocycles. The fraction of sp³-hybridized carbons (Fsp3) is 0.0769. The van der Waals surface area contributed by atoms with E-state index in [1.54, 1.807) is 24.3 Å². The molecule has 0 saturated heterocycles. The van der Waals surface area contributed by atoms with Crippen molar-refractivity contribution in [2.24, 2.45) is 0 Å². The van der Waals surface area contributed by atoms with E-state index < -0.39 is 0 Å². The molecule has 0 radical (unpaired) electrons. The Labute approximate surface area is 113 Å². The van der Waals surface area contributed by atoms with Gasteiger partial charge in [0, 0.05) is 16.8 Å². The third-order valence-electron chi connectivity index (χ3n) is 2.10. The lowest BCUT2D eigenvalue weighted by molar-refractivity contribution is 0.626. The molecule has 0 aliphatic heterocycles. The molecule has 2 aromatic carbocycles. The maximum absolute atomic E-state index is 12.7. The first kappa shape index (κ1) is 13.4. The summed E-state index contributed by atoms with van der Waals surface area (Å²) in [6.45, 7) is 0. The van der Waals surface area contributed by atoms with E-state index >= 15 is 0 Å². The van der Waals surface area contributed by atoms with Gasteiger partial charge in [-0.1, -0.05) is 0 Å². The smallest absolute Gasteiger partial charge is 0.123 e. The van der Waals surface area contributed by atoms with E-state index in [0.29, 0.717) is 0 Å². The van der Waals surface area contributed by atoms with Gasteiger partial charge in [-0.05, 0) is 72.4 Å². The molecule has 0 spiro atoms. The highest BCUT2D eigenvalue weighted by molar-refractivity contribution is 8.12. The van der Waals surface area contributed by atoms with Gasteiger partial charge in [0.05, 0.1) is 0 Å². The fourth-order valence-electron chi connectivity index (χ4n) is 1.31. The number of hydrogen-bond donors (Lipinski definition) is 0. The van der Waals surface area contributed by atoms with Crippen LogP contribution in [-0.4, -0.2) is 10.8 Å². The van der Waals surface area contributed by atoms with E-state index in [2.05, 4.69) is 0 Å². The van der Waals surface area contributed by atoms with E-state index in [0.717, 1.165) is 9.79 Å². The summed E-state index contributed by atoms with van der Waals surface area (Å²) in [6, 6.07) is 12.6. The van der Waals surface area contributed by atoms with E-state index in [1.807, 2.05) is 10.8 Å². The molecule has 2 aromatic rings. The SMILES string of the molecule is CN(Sc1ccc(F)cc1)Sc1ccc(F)cc1. The summed E-state index contributed by atoms with van der Waals surface area (Å²) in [5.74, 6) is -0.485. The van der Waals surface area contributed by atoms with Crippen LogP contribution in [0, 0.1) is 11.6 Å². The van der Waals surface area contributed by atoms with E-state index in [-0.39, 0.29) is 11.6 Å². The van der Waals surface area contributed by atoms with Gasteiger partial charge in [-0.25, -0.2) is 8.78 Å². The Bertz CT molecular complexity index is 452. The van der Waals surface area contributed by atoms with Crippen molar-refractivity contribution >= 4 is 23.9 Å². The zero-order valence-electron chi connectivity index (χ0n) is 9.64. The summed E-state index contributed by atoms with van der Waals surface area (Å²) in [6.07, 6.45) is 0. The second-order valence-electron chi connectivity index (χ2n) is 3.53. The molecule has 5 heteroatoms. The van der Waals surface area contributed by atoms with Crippen molar-refractivity contribution in [1.29, 1.82) is 0 Å². The zero-order chi connectivity index (χ0) is 13.0. The molecule has 0 aromatic heterocycles. The Balaban J connectivity index is 1.94. The molecular weight excluding hydrogens is 272 g/mol. The van der Waals surface area contributed by atoms with Crippen LogP contribution in [0.2, 0.25) is 0 Å². The van der Waals surface area contributed by atoms with E-state index in [4.69, 9.17) is 0 Å². The molecule has 2 rings (SSSR count). The van der Waals surface area contributed by atoms with E-state index in [1.165, 1.54) is 48.2 Å². The van der Waals surface area contributed by atoms with Crippen LogP contribution in [0.5, 0.6) is 0 Å². The minimum absolute atomic E-state index is 0.242. The fourth-order valence-corrected chi connectivity index (χ4v) is 3.08. The third kappa shape index (κ3) is 4.01. The van der Waals surface area contributed by atoms with Crippen LogP contribution in [0.15, 0.2) is 58.3 Å². The molecule has 18 heavy (non-hydrogen) atoms. The van der Waals surface area contributed by atoms with Gasteiger partial charge in [0.15, 0.2) is 0 Å². The van der Waals surface area contributed by atoms with Gasteiger partial charge in [0.2, 0.25) is 0 Å². The molecule has 0 heterocycles. The largest absolute Gasteiger partial charge is 0.207 e. The Kier molecular flexibility index (Phi) is 4.63. The van der Waals surface area contributed by atoms with Crippen molar-refractivity contribution < 1.29 is 8.78 Å². The van der Waals surface area contributed by atoms with Gasteiger partial charge < -0.3 is 0 Å². The van der Waals surface area contributed by atoms with Crippen molar-refractivity contribution in [1.82, 2.24) is 3.71 Å². The summed E-state index contributed by atoms with van der Waals surface area (Å²) < 4.78 is 27.4. The first-order chi connectivity index (χ1) is 8.63. The minimum atomic E-state index is -0.242. The normalized spacial score (nSPS) is 10.9. The molecule has 0 N–H and O–H groups in total. The molecule has 0 amide bonds. The predicted molar refractivity (Wildman–Crippen MR) is 72.3 cm³/mol. The van der Waals surface area contributed by atoms with Crippen LogP contribution in [0.1, 0.15) is 0 Å². The second kappa shape index (κ2) is 6.22. The first-order valence-corrected chi connectivity index (χ1v) is 6.79. The van der Waals surface area contributed by atoms with Gasteiger partial charge in [0.1, 0.15) is 11.6 Å². The molecule has 0 fully saturated rings. The first-order valence-electron chi connectivity index (χ1n) is 5.24. The van der Waals surface area contributed by atoms with Crippen LogP contribution >= 0.6 is 23.9 Å². The average molecular weight is 283 g/mol. The van der Waals surface area contributed by atoms with Crippen LogP contribution in [0.25, 0.3) is 0 Å². The summed E-state index contributed by atoms with van der Waals surface area (Å²) >= 11 is 2.97. The molecule has 94 valence electrons. The third-order valence-corrected chi connectivity index (χ3v) is 4.02. The van der Waals surface area contributed by atoms with Crippen molar-refractivity contribution in [2.75, 3.05) is 7.05 Å². The Morgan fingerprint density at radius 1 is 0.722 bits per heavy atom. The molecule has 1 nitrogen and oxygen atoms in total. The maximum atomic E-state index is 12.7. The van der Waals surface area contributed by atoms with Gasteiger partial charge >= 0.3 is 0 Å².